The number of nitrogens with one attached hydrogen (secondary N) is 3. The van der Waals surface area contributed by atoms with E-state index >= 15 is 0 Å². The fraction of sp³-hybridized carbons (Fsp3) is 0.450. The van der Waals surface area contributed by atoms with Gasteiger partial charge in [-0.3, -0.25) is 0 Å². The fourth-order valence-electron chi connectivity index (χ4n) is 3.42. The van der Waals surface area contributed by atoms with Gasteiger partial charge >= 0.3 is 6.03 Å². The second kappa shape index (κ2) is 10.4. The minimum absolute atomic E-state index is 0.128. The molecular weight excluding hydrogens is 519 g/mol. The van der Waals surface area contributed by atoms with Crippen molar-refractivity contribution in [3.8, 4) is 0 Å². The van der Waals surface area contributed by atoms with Crippen LogP contribution in [-0.2, 0) is 0 Å². The molecule has 3 N–H and O–H groups in total. The molecule has 1 heterocycles. The maximum absolute atomic E-state index is 14.0. The first-order valence-electron chi connectivity index (χ1n) is 9.78. The van der Waals surface area contributed by atoms with Gasteiger partial charge in [0.25, 0.3) is 0 Å². The smallest absolute Gasteiger partial charge is 0.319 e. The molecule has 0 unspecified atom stereocenters. The number of hydrogen-bond acceptors (Lipinski definition) is 5. The van der Waals surface area contributed by atoms with Crippen molar-refractivity contribution in [2.45, 2.75) is 31.7 Å². The molecule has 0 radical (unpaired) electrons. The van der Waals surface area contributed by atoms with Gasteiger partial charge in [0, 0.05) is 41.8 Å². The number of halogens is 3. The number of nitrogens with zero attached hydrogens (tertiary/aromatic N) is 3. The van der Waals surface area contributed by atoms with E-state index in [1.807, 2.05) is 25.1 Å². The monoisotopic (exact) mass is 542 g/mol. The summed E-state index contributed by atoms with van der Waals surface area (Å²) < 4.78 is 15.1. The number of urea groups is 1. The van der Waals surface area contributed by atoms with Gasteiger partial charge in [-0.25, -0.2) is 14.2 Å². The van der Waals surface area contributed by atoms with Gasteiger partial charge in [-0.05, 0) is 65.7 Å². The summed E-state index contributed by atoms with van der Waals surface area (Å²) in [6.45, 7) is 0.556. The molecule has 1 fully saturated rings. The zero-order valence-corrected chi connectivity index (χ0v) is 20.1. The molecule has 0 spiro atoms. The molecule has 2 amide bonds. The molecule has 2 aromatic rings. The number of carbonyl (C=O) groups excluding carboxylic acids is 1. The highest BCUT2D eigenvalue weighted by molar-refractivity contribution is 9.11. The maximum Gasteiger partial charge on any atom is 0.319 e. The van der Waals surface area contributed by atoms with Crippen molar-refractivity contribution in [2.24, 2.45) is 5.92 Å². The van der Waals surface area contributed by atoms with Crippen LogP contribution >= 0.6 is 31.9 Å². The van der Waals surface area contributed by atoms with E-state index in [2.05, 4.69) is 57.8 Å². The average molecular weight is 544 g/mol. The number of carbonyl (C=O) groups is 1. The van der Waals surface area contributed by atoms with E-state index in [-0.39, 0.29) is 5.69 Å². The second-order valence-electron chi connectivity index (χ2n) is 7.57. The number of aromatic nitrogens is 2. The number of rotatable bonds is 6. The molecule has 0 atom stereocenters. The zero-order valence-electron chi connectivity index (χ0n) is 16.9. The lowest BCUT2D eigenvalue weighted by Gasteiger charge is -2.29. The van der Waals surface area contributed by atoms with Crippen molar-refractivity contribution in [3.63, 3.8) is 0 Å². The Hall–Kier alpha value is -1.94. The molecule has 1 aliphatic carbocycles. The van der Waals surface area contributed by atoms with E-state index < -0.39 is 11.8 Å². The fourth-order valence-corrected chi connectivity index (χ4v) is 4.69. The van der Waals surface area contributed by atoms with Crippen LogP contribution in [0.3, 0.4) is 0 Å². The third-order valence-electron chi connectivity index (χ3n) is 5.08. The van der Waals surface area contributed by atoms with Crippen molar-refractivity contribution < 1.29 is 9.18 Å². The Kier molecular flexibility index (Phi) is 7.87. The molecule has 3 rings (SSSR count). The minimum Gasteiger partial charge on any atom is -0.363 e. The molecule has 1 saturated carbocycles. The van der Waals surface area contributed by atoms with E-state index in [1.54, 1.807) is 12.3 Å². The average Bonchev–Trinajstić information content (AvgIpc) is 2.70. The quantitative estimate of drug-likeness (QED) is 0.477. The molecule has 0 aliphatic heterocycles. The standard InChI is InChI=1S/C20H25Br2FN6O/c1-29(2)17-7-8-24-19(27-17)26-14-5-3-12(4-6-14)11-25-20(30)28-18-15(22)9-13(21)10-16(18)23/h7-10,12,14H,3-6,11H2,1-2H3,(H,24,26,27)(H2,25,28,30). The van der Waals surface area contributed by atoms with E-state index in [0.717, 1.165) is 31.5 Å². The molecule has 1 aromatic heterocycles. The molecule has 10 heteroatoms. The first-order valence-corrected chi connectivity index (χ1v) is 11.4. The van der Waals surface area contributed by atoms with Crippen LogP contribution in [-0.4, -0.2) is 42.7 Å². The summed E-state index contributed by atoms with van der Waals surface area (Å²) in [7, 11) is 3.90. The normalized spacial score (nSPS) is 18.6. The van der Waals surface area contributed by atoms with Gasteiger partial charge in [-0.15, -0.1) is 0 Å². The summed E-state index contributed by atoms with van der Waals surface area (Å²) in [6.07, 6.45) is 5.70. The Morgan fingerprint density at radius 3 is 2.63 bits per heavy atom. The molecule has 30 heavy (non-hydrogen) atoms. The van der Waals surface area contributed by atoms with Gasteiger partial charge in [-0.1, -0.05) is 15.9 Å². The number of anilines is 3. The topological polar surface area (TPSA) is 82.2 Å². The van der Waals surface area contributed by atoms with Gasteiger partial charge in [-0.2, -0.15) is 4.98 Å². The summed E-state index contributed by atoms with van der Waals surface area (Å²) in [6, 6.07) is 4.78. The molecular formula is C20H25Br2FN6O. The zero-order chi connectivity index (χ0) is 21.7. The number of hydrogen-bond donors (Lipinski definition) is 3. The van der Waals surface area contributed by atoms with Crippen LogP contribution < -0.4 is 20.9 Å². The molecule has 7 nitrogen and oxygen atoms in total. The predicted molar refractivity (Wildman–Crippen MR) is 125 cm³/mol. The third-order valence-corrected chi connectivity index (χ3v) is 6.16. The Labute approximate surface area is 192 Å². The summed E-state index contributed by atoms with van der Waals surface area (Å²) in [5.41, 5.74) is 0.128. The number of benzene rings is 1. The van der Waals surface area contributed by atoms with Crippen LogP contribution in [0.2, 0.25) is 0 Å². The van der Waals surface area contributed by atoms with Crippen LogP contribution in [0.4, 0.5) is 26.6 Å². The van der Waals surface area contributed by atoms with Crippen LogP contribution in [0.1, 0.15) is 25.7 Å². The van der Waals surface area contributed by atoms with Crippen molar-refractivity contribution >= 4 is 55.3 Å². The van der Waals surface area contributed by atoms with Gasteiger partial charge in [0.2, 0.25) is 5.95 Å². The molecule has 1 aromatic carbocycles. The summed E-state index contributed by atoms with van der Waals surface area (Å²) in [5.74, 6) is 1.40. The molecule has 162 valence electrons. The van der Waals surface area contributed by atoms with Crippen LogP contribution in [0.15, 0.2) is 33.3 Å². The van der Waals surface area contributed by atoms with E-state index in [4.69, 9.17) is 0 Å². The van der Waals surface area contributed by atoms with Gasteiger partial charge in [0.05, 0.1) is 5.69 Å². The van der Waals surface area contributed by atoms with Crippen molar-refractivity contribution in [2.75, 3.05) is 36.2 Å². The predicted octanol–water partition coefficient (Wildman–Crippen LogP) is 5.00. The molecule has 0 bridgehead atoms. The highest BCUT2D eigenvalue weighted by Gasteiger charge is 2.22. The lowest BCUT2D eigenvalue weighted by Crippen LogP contribution is -2.36. The maximum atomic E-state index is 14.0. The largest absolute Gasteiger partial charge is 0.363 e. The summed E-state index contributed by atoms with van der Waals surface area (Å²) in [4.78, 5) is 22.9. The van der Waals surface area contributed by atoms with Crippen LogP contribution in [0, 0.1) is 11.7 Å². The second-order valence-corrected chi connectivity index (χ2v) is 9.34. The molecule has 1 aliphatic rings. The van der Waals surface area contributed by atoms with Crippen LogP contribution in [0.5, 0.6) is 0 Å². The Balaban J connectivity index is 1.43. The minimum atomic E-state index is -0.501. The Morgan fingerprint density at radius 2 is 1.97 bits per heavy atom. The van der Waals surface area contributed by atoms with E-state index in [1.165, 1.54) is 6.07 Å². The first-order chi connectivity index (χ1) is 14.3. The summed E-state index contributed by atoms with van der Waals surface area (Å²) in [5, 5.41) is 8.84. The van der Waals surface area contributed by atoms with Crippen LogP contribution in [0.25, 0.3) is 0 Å². The lowest BCUT2D eigenvalue weighted by molar-refractivity contribution is 0.246. The summed E-state index contributed by atoms with van der Waals surface area (Å²) >= 11 is 6.49. The Morgan fingerprint density at radius 1 is 1.23 bits per heavy atom. The van der Waals surface area contributed by atoms with Gasteiger partial charge in [0.1, 0.15) is 11.6 Å². The van der Waals surface area contributed by atoms with E-state index in [9.17, 15) is 9.18 Å². The lowest BCUT2D eigenvalue weighted by atomic mass is 9.86. The highest BCUT2D eigenvalue weighted by Crippen LogP contribution is 2.30. The van der Waals surface area contributed by atoms with Gasteiger partial charge in [0.15, 0.2) is 0 Å². The van der Waals surface area contributed by atoms with Crippen molar-refractivity contribution in [1.82, 2.24) is 15.3 Å². The van der Waals surface area contributed by atoms with Gasteiger partial charge < -0.3 is 20.9 Å². The number of amides is 2. The highest BCUT2D eigenvalue weighted by atomic mass is 79.9. The molecule has 0 saturated heterocycles. The SMILES string of the molecule is CN(C)c1ccnc(NC2CCC(CNC(=O)Nc3c(F)cc(Br)cc3Br)CC2)n1. The Bertz CT molecular complexity index is 866. The third kappa shape index (κ3) is 6.28. The first kappa shape index (κ1) is 22.7. The van der Waals surface area contributed by atoms with Crippen molar-refractivity contribution in [3.05, 3.63) is 39.2 Å². The van der Waals surface area contributed by atoms with Crippen molar-refractivity contribution in [1.29, 1.82) is 0 Å². The van der Waals surface area contributed by atoms with E-state index in [0.29, 0.717) is 33.4 Å².